The summed E-state index contributed by atoms with van der Waals surface area (Å²) in [6.07, 6.45) is 0. The molecule has 3 aromatic rings. The summed E-state index contributed by atoms with van der Waals surface area (Å²) < 4.78 is 9.81. The van der Waals surface area contributed by atoms with Crippen LogP contribution in [0.15, 0.2) is 42.5 Å². The molecule has 0 aliphatic heterocycles. The fraction of sp³-hybridized carbons (Fsp3) is 0.211. The fourth-order valence-electron chi connectivity index (χ4n) is 2.20. The van der Waals surface area contributed by atoms with Gasteiger partial charge in [-0.05, 0) is 44.0 Å². The number of amides is 1. The van der Waals surface area contributed by atoms with Crippen LogP contribution >= 0.6 is 11.5 Å². The van der Waals surface area contributed by atoms with Crippen LogP contribution in [-0.2, 0) is 4.79 Å². The van der Waals surface area contributed by atoms with E-state index in [2.05, 4.69) is 14.7 Å². The maximum Gasteiger partial charge on any atom is 0.264 e. The summed E-state index contributed by atoms with van der Waals surface area (Å²) in [7, 11) is 0. The molecule has 1 N–H and O–H groups in total. The normalized spacial score (nSPS) is 10.5. The average molecular weight is 353 g/mol. The third-order valence-electron chi connectivity index (χ3n) is 3.83. The van der Waals surface area contributed by atoms with E-state index in [1.807, 2.05) is 63.2 Å². The Bertz CT molecular complexity index is 888. The maximum atomic E-state index is 12.0. The molecule has 1 heterocycles. The van der Waals surface area contributed by atoms with E-state index < -0.39 is 0 Å². The lowest BCUT2D eigenvalue weighted by atomic mass is 10.1. The first-order valence-electron chi connectivity index (χ1n) is 7.92. The number of hydrogen-bond donors (Lipinski definition) is 1. The number of ether oxygens (including phenoxy) is 1. The van der Waals surface area contributed by atoms with Gasteiger partial charge < -0.3 is 4.74 Å². The average Bonchev–Trinajstić information content (AvgIpc) is 3.05. The van der Waals surface area contributed by atoms with Gasteiger partial charge >= 0.3 is 0 Å². The summed E-state index contributed by atoms with van der Waals surface area (Å²) in [5, 5.41) is 3.18. The van der Waals surface area contributed by atoms with Crippen molar-refractivity contribution in [3.63, 3.8) is 0 Å². The van der Waals surface area contributed by atoms with Crippen molar-refractivity contribution in [1.82, 2.24) is 9.36 Å². The molecule has 0 aliphatic rings. The quantitative estimate of drug-likeness (QED) is 0.748. The number of hydrogen-bond acceptors (Lipinski definition) is 5. The zero-order chi connectivity index (χ0) is 17.8. The molecule has 0 saturated carbocycles. The van der Waals surface area contributed by atoms with Crippen molar-refractivity contribution < 1.29 is 9.53 Å². The van der Waals surface area contributed by atoms with E-state index in [1.165, 1.54) is 11.1 Å². The monoisotopic (exact) mass is 353 g/mol. The number of aryl methyl sites for hydroxylation is 3. The van der Waals surface area contributed by atoms with Crippen LogP contribution < -0.4 is 10.1 Å². The van der Waals surface area contributed by atoms with Gasteiger partial charge in [-0.2, -0.15) is 9.36 Å². The van der Waals surface area contributed by atoms with Crippen molar-refractivity contribution in [1.29, 1.82) is 0 Å². The molecule has 1 amide bonds. The summed E-state index contributed by atoms with van der Waals surface area (Å²) >= 11 is 1.15. The Labute approximate surface area is 150 Å². The summed E-state index contributed by atoms with van der Waals surface area (Å²) in [4.78, 5) is 16.4. The third kappa shape index (κ3) is 4.42. The van der Waals surface area contributed by atoms with Crippen LogP contribution in [0.1, 0.15) is 16.7 Å². The Kier molecular flexibility index (Phi) is 5.09. The topological polar surface area (TPSA) is 64.1 Å². The van der Waals surface area contributed by atoms with Crippen LogP contribution in [0, 0.1) is 20.8 Å². The van der Waals surface area contributed by atoms with Crippen LogP contribution in [0.25, 0.3) is 11.4 Å². The zero-order valence-corrected chi connectivity index (χ0v) is 15.2. The number of carbonyl (C=O) groups excluding carboxylic acids is 1. The molecule has 3 rings (SSSR count). The molecule has 2 aromatic carbocycles. The Balaban J connectivity index is 1.58. The first-order valence-corrected chi connectivity index (χ1v) is 8.69. The Morgan fingerprint density at radius 2 is 1.84 bits per heavy atom. The minimum absolute atomic E-state index is 0.0675. The molecule has 5 nitrogen and oxygen atoms in total. The molecular formula is C19H19N3O2S. The lowest BCUT2D eigenvalue weighted by Crippen LogP contribution is -2.20. The molecule has 0 aliphatic carbocycles. The van der Waals surface area contributed by atoms with E-state index in [0.717, 1.165) is 22.7 Å². The van der Waals surface area contributed by atoms with Crippen LogP contribution in [0.5, 0.6) is 5.75 Å². The van der Waals surface area contributed by atoms with Gasteiger partial charge in [0, 0.05) is 17.1 Å². The predicted molar refractivity (Wildman–Crippen MR) is 100 cm³/mol. The van der Waals surface area contributed by atoms with Gasteiger partial charge in [0.25, 0.3) is 5.91 Å². The molecule has 0 saturated heterocycles. The number of nitrogens with one attached hydrogen (secondary N) is 1. The zero-order valence-electron chi connectivity index (χ0n) is 14.4. The molecular weight excluding hydrogens is 334 g/mol. The minimum atomic E-state index is -0.259. The molecule has 128 valence electrons. The van der Waals surface area contributed by atoms with Gasteiger partial charge in [-0.3, -0.25) is 10.1 Å². The largest absolute Gasteiger partial charge is 0.484 e. The van der Waals surface area contributed by atoms with Gasteiger partial charge in [-0.25, -0.2) is 0 Å². The molecule has 6 heteroatoms. The van der Waals surface area contributed by atoms with Gasteiger partial charge in [0.2, 0.25) is 5.13 Å². The van der Waals surface area contributed by atoms with Gasteiger partial charge in [0.05, 0.1) is 0 Å². The molecule has 0 fully saturated rings. The SMILES string of the molecule is Cc1ccc(-c2nsc(NC(=O)COc3ccc(C)c(C)c3)n2)cc1. The minimum Gasteiger partial charge on any atom is -0.484 e. The first-order chi connectivity index (χ1) is 12.0. The van der Waals surface area contributed by atoms with Gasteiger partial charge in [0.15, 0.2) is 12.4 Å². The summed E-state index contributed by atoms with van der Waals surface area (Å²) in [6, 6.07) is 13.7. The van der Waals surface area contributed by atoms with Crippen molar-refractivity contribution in [3.05, 3.63) is 59.2 Å². The smallest absolute Gasteiger partial charge is 0.264 e. The van der Waals surface area contributed by atoms with Crippen molar-refractivity contribution >= 4 is 22.6 Å². The molecule has 1 aromatic heterocycles. The van der Waals surface area contributed by atoms with Gasteiger partial charge in [-0.15, -0.1) is 0 Å². The number of anilines is 1. The molecule has 0 unspecified atom stereocenters. The molecule has 0 spiro atoms. The molecule has 0 radical (unpaired) electrons. The number of nitrogens with zero attached hydrogens (tertiary/aromatic N) is 2. The molecule has 0 bridgehead atoms. The standard InChI is InChI=1S/C19H19N3O2S/c1-12-4-7-15(8-5-12)18-21-19(25-22-18)20-17(23)11-24-16-9-6-13(2)14(3)10-16/h4-10H,11H2,1-3H3,(H,20,21,22,23). The predicted octanol–water partition coefficient (Wildman–Crippen LogP) is 4.15. The second-order valence-corrected chi connectivity index (χ2v) is 6.62. The van der Waals surface area contributed by atoms with Crippen molar-refractivity contribution in [2.75, 3.05) is 11.9 Å². The summed E-state index contributed by atoms with van der Waals surface area (Å²) in [5.74, 6) is 1.02. The molecule has 0 atom stereocenters. The Morgan fingerprint density at radius 1 is 1.08 bits per heavy atom. The van der Waals surface area contributed by atoms with Crippen molar-refractivity contribution in [3.8, 4) is 17.1 Å². The Morgan fingerprint density at radius 3 is 2.56 bits per heavy atom. The van der Waals surface area contributed by atoms with E-state index in [9.17, 15) is 4.79 Å². The maximum absolute atomic E-state index is 12.0. The van der Waals surface area contributed by atoms with Crippen molar-refractivity contribution in [2.45, 2.75) is 20.8 Å². The number of aromatic nitrogens is 2. The van der Waals surface area contributed by atoms with E-state index in [-0.39, 0.29) is 12.5 Å². The summed E-state index contributed by atoms with van der Waals surface area (Å²) in [5.41, 5.74) is 4.42. The van der Waals surface area contributed by atoms with E-state index in [4.69, 9.17) is 4.74 Å². The lowest BCUT2D eigenvalue weighted by molar-refractivity contribution is -0.118. The first kappa shape index (κ1) is 17.1. The highest BCUT2D eigenvalue weighted by Crippen LogP contribution is 2.21. The highest BCUT2D eigenvalue weighted by atomic mass is 32.1. The van der Waals surface area contributed by atoms with E-state index >= 15 is 0 Å². The number of carbonyl (C=O) groups is 1. The number of rotatable bonds is 5. The van der Waals surface area contributed by atoms with Gasteiger partial charge in [-0.1, -0.05) is 35.9 Å². The van der Waals surface area contributed by atoms with Crippen LogP contribution in [0.3, 0.4) is 0 Å². The van der Waals surface area contributed by atoms with E-state index in [0.29, 0.717) is 16.7 Å². The second-order valence-electron chi connectivity index (χ2n) is 5.87. The third-order valence-corrected chi connectivity index (χ3v) is 4.46. The van der Waals surface area contributed by atoms with Gasteiger partial charge in [0.1, 0.15) is 5.75 Å². The van der Waals surface area contributed by atoms with Crippen LogP contribution in [0.2, 0.25) is 0 Å². The lowest BCUT2D eigenvalue weighted by Gasteiger charge is -2.07. The Hall–Kier alpha value is -2.73. The van der Waals surface area contributed by atoms with E-state index in [1.54, 1.807) is 0 Å². The number of benzene rings is 2. The second kappa shape index (κ2) is 7.44. The van der Waals surface area contributed by atoms with Crippen molar-refractivity contribution in [2.24, 2.45) is 0 Å². The molecule has 25 heavy (non-hydrogen) atoms. The highest BCUT2D eigenvalue weighted by molar-refractivity contribution is 7.10. The summed E-state index contributed by atoms with van der Waals surface area (Å²) in [6.45, 7) is 6.00. The van der Waals surface area contributed by atoms with Crippen LogP contribution in [-0.4, -0.2) is 21.9 Å². The van der Waals surface area contributed by atoms with Crippen LogP contribution in [0.4, 0.5) is 5.13 Å². The highest BCUT2D eigenvalue weighted by Gasteiger charge is 2.10. The fourth-order valence-corrected chi connectivity index (χ4v) is 2.81.